The van der Waals surface area contributed by atoms with Crippen molar-refractivity contribution in [1.82, 2.24) is 3.11 Å². The molecule has 1 nitrogen and oxygen atoms in total. The van der Waals surface area contributed by atoms with Crippen LogP contribution < -0.4 is 0 Å². The van der Waals surface area contributed by atoms with E-state index in [1.54, 1.807) is 0 Å². The molecule has 50 valence electrons. The maximum atomic E-state index is 2.36. The molecule has 0 bridgehead atoms. The minimum atomic E-state index is 0.737. The van der Waals surface area contributed by atoms with E-state index in [1.807, 2.05) is 0 Å². The van der Waals surface area contributed by atoms with Crippen molar-refractivity contribution in [3.8, 4) is 0 Å². The second-order valence-corrected chi connectivity index (χ2v) is 3.21. The van der Waals surface area contributed by atoms with Gasteiger partial charge in [-0.05, 0) is 13.3 Å². The van der Waals surface area contributed by atoms with Crippen LogP contribution in [0.4, 0.5) is 0 Å². The van der Waals surface area contributed by atoms with Crippen LogP contribution in [0.3, 0.4) is 0 Å². The van der Waals surface area contributed by atoms with Gasteiger partial charge >= 0.3 is 0 Å². The summed E-state index contributed by atoms with van der Waals surface area (Å²) in [7, 11) is 0. The third kappa shape index (κ3) is 2.87. The number of halogens is 1. The van der Waals surface area contributed by atoms with Crippen LogP contribution in [0.15, 0.2) is 0 Å². The average molecular weight is 227 g/mol. The molecule has 0 aromatic rings. The van der Waals surface area contributed by atoms with Crippen molar-refractivity contribution in [2.45, 2.75) is 33.2 Å². The lowest BCUT2D eigenvalue weighted by atomic mass is 10.3. The Morgan fingerprint density at radius 2 is 2.00 bits per heavy atom. The zero-order valence-corrected chi connectivity index (χ0v) is 7.97. The summed E-state index contributed by atoms with van der Waals surface area (Å²) in [4.78, 5) is 0. The standard InChI is InChI=1S/C6H14IN/c1-4-6(3)8(7)5-2/h6H,4-5H2,1-3H3. The van der Waals surface area contributed by atoms with E-state index in [2.05, 4.69) is 46.7 Å². The smallest absolute Gasteiger partial charge is 0.0204 e. The van der Waals surface area contributed by atoms with E-state index >= 15 is 0 Å². The SMILES string of the molecule is CCC(C)N(I)CC. The summed E-state index contributed by atoms with van der Waals surface area (Å²) in [5.41, 5.74) is 0. The highest BCUT2D eigenvalue weighted by molar-refractivity contribution is 14.1. The van der Waals surface area contributed by atoms with Crippen molar-refractivity contribution >= 4 is 22.9 Å². The van der Waals surface area contributed by atoms with Crippen LogP contribution >= 0.6 is 22.9 Å². The summed E-state index contributed by atoms with van der Waals surface area (Å²) in [6, 6.07) is 0.737. The molecule has 0 spiro atoms. The third-order valence-electron chi connectivity index (χ3n) is 1.37. The summed E-state index contributed by atoms with van der Waals surface area (Å²) in [5, 5.41) is 0. The van der Waals surface area contributed by atoms with E-state index in [1.165, 1.54) is 6.42 Å². The first-order valence-corrected chi connectivity index (χ1v) is 4.11. The molecule has 0 amide bonds. The Morgan fingerprint density at radius 1 is 1.50 bits per heavy atom. The van der Waals surface area contributed by atoms with Crippen molar-refractivity contribution in [3.05, 3.63) is 0 Å². The van der Waals surface area contributed by atoms with Crippen LogP contribution in [-0.4, -0.2) is 15.7 Å². The highest BCUT2D eigenvalue weighted by Crippen LogP contribution is 2.07. The predicted octanol–water partition coefficient (Wildman–Crippen LogP) is 2.46. The van der Waals surface area contributed by atoms with Gasteiger partial charge in [0.05, 0.1) is 0 Å². The Morgan fingerprint density at radius 3 is 2.12 bits per heavy atom. The fourth-order valence-corrected chi connectivity index (χ4v) is 0.904. The van der Waals surface area contributed by atoms with Gasteiger partial charge in [-0.2, -0.15) is 0 Å². The largest absolute Gasteiger partial charge is 0.245 e. The molecule has 1 atom stereocenters. The van der Waals surface area contributed by atoms with Crippen LogP contribution in [0.2, 0.25) is 0 Å². The average Bonchev–Trinajstić information content (AvgIpc) is 1.84. The molecule has 0 aliphatic heterocycles. The first-order chi connectivity index (χ1) is 3.72. The molecule has 1 unspecified atom stereocenters. The highest BCUT2D eigenvalue weighted by Gasteiger charge is 2.03. The fourth-order valence-electron chi connectivity index (χ4n) is 0.510. The normalized spacial score (nSPS) is 14.6. The molecular formula is C6H14IN. The minimum Gasteiger partial charge on any atom is -0.245 e. The molecule has 0 aliphatic carbocycles. The van der Waals surface area contributed by atoms with E-state index in [4.69, 9.17) is 0 Å². The summed E-state index contributed by atoms with van der Waals surface area (Å²) in [6.07, 6.45) is 1.25. The van der Waals surface area contributed by atoms with Gasteiger partial charge < -0.3 is 0 Å². The van der Waals surface area contributed by atoms with E-state index in [0.29, 0.717) is 0 Å². The molecule has 0 aliphatic rings. The summed E-state index contributed by atoms with van der Waals surface area (Å²) in [5.74, 6) is 0. The summed E-state index contributed by atoms with van der Waals surface area (Å²) in [6.45, 7) is 7.79. The van der Waals surface area contributed by atoms with Gasteiger partial charge in [-0.15, -0.1) is 0 Å². The molecule has 0 saturated carbocycles. The second kappa shape index (κ2) is 4.56. The van der Waals surface area contributed by atoms with Gasteiger partial charge in [-0.1, -0.05) is 13.8 Å². The number of hydrogen-bond acceptors (Lipinski definition) is 1. The predicted molar refractivity (Wildman–Crippen MR) is 46.2 cm³/mol. The quantitative estimate of drug-likeness (QED) is 0.528. The molecule has 0 N–H and O–H groups in total. The van der Waals surface area contributed by atoms with E-state index in [-0.39, 0.29) is 0 Å². The lowest BCUT2D eigenvalue weighted by Crippen LogP contribution is -2.21. The molecule has 2 heteroatoms. The monoisotopic (exact) mass is 227 g/mol. The molecule has 0 aromatic carbocycles. The molecule has 0 radical (unpaired) electrons. The van der Waals surface area contributed by atoms with E-state index in [9.17, 15) is 0 Å². The Hall–Kier alpha value is 0.690. The number of rotatable bonds is 3. The van der Waals surface area contributed by atoms with Gasteiger partial charge in [-0.25, -0.2) is 3.11 Å². The third-order valence-corrected chi connectivity index (χ3v) is 3.00. The van der Waals surface area contributed by atoms with Crippen molar-refractivity contribution < 1.29 is 0 Å². The molecule has 8 heavy (non-hydrogen) atoms. The van der Waals surface area contributed by atoms with Crippen LogP contribution in [0.25, 0.3) is 0 Å². The highest BCUT2D eigenvalue weighted by atomic mass is 127. The molecular weight excluding hydrogens is 213 g/mol. The zero-order chi connectivity index (χ0) is 6.57. The van der Waals surface area contributed by atoms with E-state index in [0.717, 1.165) is 12.6 Å². The molecule has 0 fully saturated rings. The Kier molecular flexibility index (Phi) is 4.95. The summed E-state index contributed by atoms with van der Waals surface area (Å²) >= 11 is 2.36. The van der Waals surface area contributed by atoms with Crippen LogP contribution in [0, 0.1) is 0 Å². The Labute approximate surface area is 65.9 Å². The number of hydrogen-bond donors (Lipinski definition) is 0. The van der Waals surface area contributed by atoms with E-state index < -0.39 is 0 Å². The fraction of sp³-hybridized carbons (Fsp3) is 1.00. The van der Waals surface area contributed by atoms with Gasteiger partial charge in [0.2, 0.25) is 0 Å². The van der Waals surface area contributed by atoms with Crippen LogP contribution in [0.1, 0.15) is 27.2 Å². The van der Waals surface area contributed by atoms with Crippen molar-refractivity contribution in [2.24, 2.45) is 0 Å². The Bertz CT molecular complexity index is 48.5. The van der Waals surface area contributed by atoms with Gasteiger partial charge in [0.15, 0.2) is 0 Å². The first-order valence-electron chi connectivity index (χ1n) is 3.14. The summed E-state index contributed by atoms with van der Waals surface area (Å²) < 4.78 is 2.32. The van der Waals surface area contributed by atoms with Crippen molar-refractivity contribution in [3.63, 3.8) is 0 Å². The van der Waals surface area contributed by atoms with Gasteiger partial charge in [-0.3, -0.25) is 0 Å². The maximum absolute atomic E-state index is 2.36. The molecule has 0 saturated heterocycles. The lowest BCUT2D eigenvalue weighted by molar-refractivity contribution is 0.412. The molecule has 0 rings (SSSR count). The maximum Gasteiger partial charge on any atom is 0.0204 e. The van der Waals surface area contributed by atoms with Crippen molar-refractivity contribution in [1.29, 1.82) is 0 Å². The van der Waals surface area contributed by atoms with Gasteiger partial charge in [0.1, 0.15) is 0 Å². The molecule has 0 heterocycles. The van der Waals surface area contributed by atoms with Crippen molar-refractivity contribution in [2.75, 3.05) is 6.54 Å². The minimum absolute atomic E-state index is 0.737. The lowest BCUT2D eigenvalue weighted by Gasteiger charge is -2.18. The van der Waals surface area contributed by atoms with Gasteiger partial charge in [0.25, 0.3) is 0 Å². The second-order valence-electron chi connectivity index (χ2n) is 1.97. The zero-order valence-electron chi connectivity index (χ0n) is 5.82. The topological polar surface area (TPSA) is 3.24 Å². The van der Waals surface area contributed by atoms with Gasteiger partial charge in [0, 0.05) is 35.5 Å². The Balaban J connectivity index is 3.29. The molecule has 0 aromatic heterocycles. The number of nitrogens with zero attached hydrogens (tertiary/aromatic N) is 1. The van der Waals surface area contributed by atoms with Crippen LogP contribution in [0.5, 0.6) is 0 Å². The first kappa shape index (κ1) is 8.69. The van der Waals surface area contributed by atoms with Crippen LogP contribution in [-0.2, 0) is 0 Å².